The molecule has 5 heteroatoms. The van der Waals surface area contributed by atoms with Crippen LogP contribution in [0.25, 0.3) is 0 Å². The van der Waals surface area contributed by atoms with Crippen molar-refractivity contribution in [2.75, 3.05) is 33.9 Å². The highest BCUT2D eigenvalue weighted by Crippen LogP contribution is 2.21. The summed E-state index contributed by atoms with van der Waals surface area (Å²) in [4.78, 5) is 4.28. The van der Waals surface area contributed by atoms with Crippen LogP contribution in [0, 0.1) is 6.92 Å². The van der Waals surface area contributed by atoms with Gasteiger partial charge in [-0.2, -0.15) is 0 Å². The molecule has 1 aliphatic rings. The van der Waals surface area contributed by atoms with E-state index in [1.54, 1.807) is 14.2 Å². The maximum atomic E-state index is 5.88. The summed E-state index contributed by atoms with van der Waals surface area (Å²) in [7, 11) is 3.52. The zero-order chi connectivity index (χ0) is 17.9. The minimum Gasteiger partial charge on any atom is -0.496 e. The third kappa shape index (κ3) is 6.94. The van der Waals surface area contributed by atoms with E-state index in [2.05, 4.69) is 34.7 Å². The SMILES string of the molecule is CN=C(NCCCOC1CCCC1)NCCc1cc(C)ccc1OC. The lowest BCUT2D eigenvalue weighted by Crippen LogP contribution is -2.39. The van der Waals surface area contributed by atoms with Crippen molar-refractivity contribution in [1.29, 1.82) is 0 Å². The van der Waals surface area contributed by atoms with Crippen LogP contribution in [0.15, 0.2) is 23.2 Å². The minimum absolute atomic E-state index is 0.502. The summed E-state index contributed by atoms with van der Waals surface area (Å²) in [6.07, 6.45) is 7.52. The van der Waals surface area contributed by atoms with Crippen LogP contribution >= 0.6 is 0 Å². The first-order chi connectivity index (χ1) is 12.2. The fourth-order valence-electron chi connectivity index (χ4n) is 3.22. The summed E-state index contributed by atoms with van der Waals surface area (Å²) in [5.41, 5.74) is 2.47. The predicted molar refractivity (Wildman–Crippen MR) is 104 cm³/mol. The van der Waals surface area contributed by atoms with E-state index in [9.17, 15) is 0 Å². The maximum Gasteiger partial charge on any atom is 0.190 e. The molecule has 0 radical (unpaired) electrons. The molecule has 1 fully saturated rings. The molecule has 2 rings (SSSR count). The van der Waals surface area contributed by atoms with Gasteiger partial charge in [0.15, 0.2) is 5.96 Å². The van der Waals surface area contributed by atoms with Gasteiger partial charge in [-0.05, 0) is 44.2 Å². The molecule has 1 aliphatic carbocycles. The monoisotopic (exact) mass is 347 g/mol. The summed E-state index contributed by atoms with van der Waals surface area (Å²) < 4.78 is 11.3. The fraction of sp³-hybridized carbons (Fsp3) is 0.650. The molecule has 1 aromatic carbocycles. The standard InChI is InChI=1S/C20H33N3O2/c1-16-9-10-19(24-3)17(15-16)11-13-23-20(21-2)22-12-6-14-25-18-7-4-5-8-18/h9-10,15,18H,4-8,11-14H2,1-3H3,(H2,21,22,23). The van der Waals surface area contributed by atoms with Crippen molar-refractivity contribution in [2.45, 2.75) is 51.6 Å². The maximum absolute atomic E-state index is 5.88. The topological polar surface area (TPSA) is 54.9 Å². The number of hydrogen-bond donors (Lipinski definition) is 2. The first kappa shape index (κ1) is 19.6. The summed E-state index contributed by atoms with van der Waals surface area (Å²) in [5.74, 6) is 1.78. The van der Waals surface area contributed by atoms with Crippen LogP contribution < -0.4 is 15.4 Å². The number of aryl methyl sites for hydroxylation is 1. The normalized spacial score (nSPS) is 15.4. The Morgan fingerprint density at radius 3 is 2.68 bits per heavy atom. The Morgan fingerprint density at radius 1 is 1.20 bits per heavy atom. The second-order valence-electron chi connectivity index (χ2n) is 6.62. The largest absolute Gasteiger partial charge is 0.496 e. The highest BCUT2D eigenvalue weighted by Gasteiger charge is 2.14. The molecule has 25 heavy (non-hydrogen) atoms. The number of nitrogens with zero attached hydrogens (tertiary/aromatic N) is 1. The Labute approximate surface area is 152 Å². The highest BCUT2D eigenvalue weighted by molar-refractivity contribution is 5.79. The van der Waals surface area contributed by atoms with Crippen molar-refractivity contribution in [3.05, 3.63) is 29.3 Å². The average molecular weight is 348 g/mol. The third-order valence-corrected chi connectivity index (χ3v) is 4.62. The molecule has 0 atom stereocenters. The van der Waals surface area contributed by atoms with Crippen LogP contribution in [-0.2, 0) is 11.2 Å². The van der Waals surface area contributed by atoms with Crippen LogP contribution in [0.2, 0.25) is 0 Å². The van der Waals surface area contributed by atoms with E-state index in [0.29, 0.717) is 6.10 Å². The van der Waals surface area contributed by atoms with Crippen LogP contribution in [0.1, 0.15) is 43.2 Å². The van der Waals surface area contributed by atoms with Crippen molar-refractivity contribution < 1.29 is 9.47 Å². The number of guanidine groups is 1. The molecule has 0 bridgehead atoms. The van der Waals surface area contributed by atoms with E-state index in [-0.39, 0.29) is 0 Å². The summed E-state index contributed by atoms with van der Waals surface area (Å²) in [6.45, 7) is 4.62. The molecule has 1 saturated carbocycles. The van der Waals surface area contributed by atoms with E-state index in [4.69, 9.17) is 9.47 Å². The molecule has 0 aromatic heterocycles. The van der Waals surface area contributed by atoms with Gasteiger partial charge in [-0.1, -0.05) is 30.5 Å². The third-order valence-electron chi connectivity index (χ3n) is 4.62. The predicted octanol–water partition coefficient (Wildman–Crippen LogP) is 3.06. The summed E-state index contributed by atoms with van der Waals surface area (Å²) in [6, 6.07) is 6.28. The molecule has 1 aromatic rings. The molecule has 0 amide bonds. The molecule has 140 valence electrons. The highest BCUT2D eigenvalue weighted by atomic mass is 16.5. The fourth-order valence-corrected chi connectivity index (χ4v) is 3.22. The molecule has 0 aliphatic heterocycles. The van der Waals surface area contributed by atoms with Gasteiger partial charge in [-0.3, -0.25) is 4.99 Å². The van der Waals surface area contributed by atoms with E-state index in [1.807, 2.05) is 6.07 Å². The molecular weight excluding hydrogens is 314 g/mol. The molecule has 2 N–H and O–H groups in total. The van der Waals surface area contributed by atoms with E-state index in [0.717, 1.165) is 44.2 Å². The van der Waals surface area contributed by atoms with Crippen molar-refractivity contribution in [3.8, 4) is 5.75 Å². The number of benzene rings is 1. The Kier molecular flexibility index (Phi) is 8.60. The quantitative estimate of drug-likeness (QED) is 0.409. The molecule has 0 saturated heterocycles. The summed E-state index contributed by atoms with van der Waals surface area (Å²) in [5, 5.41) is 6.71. The van der Waals surface area contributed by atoms with Crippen molar-refractivity contribution in [2.24, 2.45) is 4.99 Å². The van der Waals surface area contributed by atoms with Gasteiger partial charge in [0.25, 0.3) is 0 Å². The van der Waals surface area contributed by atoms with Gasteiger partial charge in [0.2, 0.25) is 0 Å². The number of rotatable bonds is 9. The Hall–Kier alpha value is -1.75. The summed E-state index contributed by atoms with van der Waals surface area (Å²) >= 11 is 0. The second kappa shape index (κ2) is 11.0. The van der Waals surface area contributed by atoms with Gasteiger partial charge in [0.1, 0.15) is 5.75 Å². The van der Waals surface area contributed by atoms with Crippen LogP contribution in [0.5, 0.6) is 5.75 Å². The smallest absolute Gasteiger partial charge is 0.190 e. The lowest BCUT2D eigenvalue weighted by atomic mass is 10.1. The zero-order valence-electron chi connectivity index (χ0n) is 15.9. The van der Waals surface area contributed by atoms with Crippen LogP contribution in [-0.4, -0.2) is 45.9 Å². The molecular formula is C20H33N3O2. The second-order valence-corrected chi connectivity index (χ2v) is 6.62. The lowest BCUT2D eigenvalue weighted by molar-refractivity contribution is 0.0574. The van der Waals surface area contributed by atoms with Crippen molar-refractivity contribution in [1.82, 2.24) is 10.6 Å². The molecule has 0 spiro atoms. The first-order valence-corrected chi connectivity index (χ1v) is 9.42. The van der Waals surface area contributed by atoms with Gasteiger partial charge >= 0.3 is 0 Å². The van der Waals surface area contributed by atoms with Crippen molar-refractivity contribution in [3.63, 3.8) is 0 Å². The number of aliphatic imine (C=N–C) groups is 1. The van der Waals surface area contributed by atoms with E-state index >= 15 is 0 Å². The Balaban J connectivity index is 1.62. The van der Waals surface area contributed by atoms with Gasteiger partial charge in [0, 0.05) is 26.7 Å². The average Bonchev–Trinajstić information content (AvgIpc) is 3.13. The Morgan fingerprint density at radius 2 is 1.96 bits per heavy atom. The van der Waals surface area contributed by atoms with E-state index in [1.165, 1.54) is 36.8 Å². The zero-order valence-corrected chi connectivity index (χ0v) is 15.9. The number of nitrogens with one attached hydrogen (secondary N) is 2. The lowest BCUT2D eigenvalue weighted by Gasteiger charge is -2.14. The molecule has 5 nitrogen and oxygen atoms in total. The van der Waals surface area contributed by atoms with Crippen LogP contribution in [0.4, 0.5) is 0 Å². The first-order valence-electron chi connectivity index (χ1n) is 9.42. The van der Waals surface area contributed by atoms with Crippen molar-refractivity contribution >= 4 is 5.96 Å². The molecule has 0 unspecified atom stereocenters. The van der Waals surface area contributed by atoms with Gasteiger partial charge in [-0.15, -0.1) is 0 Å². The van der Waals surface area contributed by atoms with Gasteiger partial charge in [0.05, 0.1) is 13.2 Å². The van der Waals surface area contributed by atoms with Gasteiger partial charge < -0.3 is 20.1 Å². The van der Waals surface area contributed by atoms with E-state index < -0.39 is 0 Å². The Bertz CT molecular complexity index is 540. The van der Waals surface area contributed by atoms with Gasteiger partial charge in [-0.25, -0.2) is 0 Å². The number of ether oxygens (including phenoxy) is 2. The molecule has 0 heterocycles. The number of hydrogen-bond acceptors (Lipinski definition) is 3. The number of methoxy groups -OCH3 is 1. The minimum atomic E-state index is 0.502. The van der Waals surface area contributed by atoms with Crippen LogP contribution in [0.3, 0.4) is 0 Å².